The lowest BCUT2D eigenvalue weighted by atomic mass is 10.1. The lowest BCUT2D eigenvalue weighted by molar-refractivity contribution is 0.509. The van der Waals surface area contributed by atoms with Gasteiger partial charge in [-0.25, -0.2) is 13.4 Å². The number of aromatic nitrogens is 1. The molecule has 0 aliphatic heterocycles. The van der Waals surface area contributed by atoms with Crippen molar-refractivity contribution < 1.29 is 12.8 Å². The Bertz CT molecular complexity index is 673. The van der Waals surface area contributed by atoms with Crippen molar-refractivity contribution in [1.82, 2.24) is 4.98 Å². The molecule has 0 amide bonds. The first-order valence-electron chi connectivity index (χ1n) is 7.19. The van der Waals surface area contributed by atoms with Crippen LogP contribution in [-0.4, -0.2) is 19.2 Å². The van der Waals surface area contributed by atoms with Crippen molar-refractivity contribution in [2.24, 2.45) is 0 Å². The van der Waals surface area contributed by atoms with E-state index in [0.717, 1.165) is 12.8 Å². The molecule has 110 valence electrons. The van der Waals surface area contributed by atoms with Crippen molar-refractivity contribution in [2.45, 2.75) is 50.8 Å². The first kappa shape index (κ1) is 15.0. The first-order chi connectivity index (χ1) is 9.56. The number of oxazole rings is 1. The lowest BCUT2D eigenvalue weighted by Crippen LogP contribution is -2.03. The number of hydrogen-bond donors (Lipinski definition) is 0. The van der Waals surface area contributed by atoms with Gasteiger partial charge < -0.3 is 4.42 Å². The summed E-state index contributed by atoms with van der Waals surface area (Å²) in [5, 5.41) is 0. The van der Waals surface area contributed by atoms with Gasteiger partial charge in [0.1, 0.15) is 5.52 Å². The standard InChI is InChI=1S/C15H21NO3S/c1-3-5-6-7-8-15-16-13-11-12(20(17,18)4-2)9-10-14(13)19-15/h9-11H,3-8H2,1-2H3. The summed E-state index contributed by atoms with van der Waals surface area (Å²) in [5.41, 5.74) is 1.29. The summed E-state index contributed by atoms with van der Waals surface area (Å²) in [6.45, 7) is 3.82. The summed E-state index contributed by atoms with van der Waals surface area (Å²) in [7, 11) is -3.19. The molecule has 0 aliphatic rings. The predicted octanol–water partition coefficient (Wildman–Crippen LogP) is 3.74. The molecule has 0 N–H and O–H groups in total. The molecule has 1 aromatic carbocycles. The zero-order chi connectivity index (χ0) is 14.6. The van der Waals surface area contributed by atoms with E-state index in [0.29, 0.717) is 21.9 Å². The lowest BCUT2D eigenvalue weighted by Gasteiger charge is -1.99. The van der Waals surface area contributed by atoms with Crippen LogP contribution >= 0.6 is 0 Å². The molecular weight excluding hydrogens is 274 g/mol. The van der Waals surface area contributed by atoms with E-state index >= 15 is 0 Å². The SMILES string of the molecule is CCCCCCc1nc2cc(S(=O)(=O)CC)ccc2o1. The molecule has 20 heavy (non-hydrogen) atoms. The highest BCUT2D eigenvalue weighted by atomic mass is 32.2. The maximum absolute atomic E-state index is 11.8. The number of benzene rings is 1. The molecule has 0 radical (unpaired) electrons. The van der Waals surface area contributed by atoms with Gasteiger partial charge in [0.2, 0.25) is 0 Å². The number of rotatable bonds is 7. The Morgan fingerprint density at radius 2 is 1.95 bits per heavy atom. The minimum absolute atomic E-state index is 0.0975. The molecule has 2 aromatic rings. The zero-order valence-electron chi connectivity index (χ0n) is 12.1. The second-order valence-corrected chi connectivity index (χ2v) is 7.23. The molecule has 1 aromatic heterocycles. The third-order valence-corrected chi connectivity index (χ3v) is 5.12. The summed E-state index contributed by atoms with van der Waals surface area (Å²) >= 11 is 0. The first-order valence-corrected chi connectivity index (χ1v) is 8.84. The molecule has 1 heterocycles. The maximum Gasteiger partial charge on any atom is 0.195 e. The molecule has 5 heteroatoms. The third kappa shape index (κ3) is 3.39. The van der Waals surface area contributed by atoms with Crippen LogP contribution in [0.15, 0.2) is 27.5 Å². The van der Waals surface area contributed by atoms with Crippen LogP contribution in [0, 0.1) is 0 Å². The molecule has 0 spiro atoms. The van der Waals surface area contributed by atoms with Gasteiger partial charge in [-0.1, -0.05) is 33.1 Å². The second-order valence-electron chi connectivity index (χ2n) is 4.95. The highest BCUT2D eigenvalue weighted by Gasteiger charge is 2.14. The smallest absolute Gasteiger partial charge is 0.195 e. The molecule has 0 saturated carbocycles. The van der Waals surface area contributed by atoms with Crippen molar-refractivity contribution in [3.63, 3.8) is 0 Å². The van der Waals surface area contributed by atoms with Gasteiger partial charge in [-0.15, -0.1) is 0 Å². The quantitative estimate of drug-likeness (QED) is 0.730. The number of aryl methyl sites for hydroxylation is 1. The van der Waals surface area contributed by atoms with E-state index in [1.807, 2.05) is 0 Å². The Balaban J connectivity index is 2.18. The Morgan fingerprint density at radius 1 is 1.15 bits per heavy atom. The van der Waals surface area contributed by atoms with Crippen LogP contribution in [0.3, 0.4) is 0 Å². The number of fused-ring (bicyclic) bond motifs is 1. The van der Waals surface area contributed by atoms with Crippen molar-refractivity contribution in [1.29, 1.82) is 0 Å². The average Bonchev–Trinajstić information content (AvgIpc) is 2.85. The summed E-state index contributed by atoms with van der Waals surface area (Å²) in [5.74, 6) is 0.794. The molecule has 0 atom stereocenters. The minimum atomic E-state index is -3.19. The summed E-state index contributed by atoms with van der Waals surface area (Å²) in [4.78, 5) is 4.71. The Morgan fingerprint density at radius 3 is 2.65 bits per heavy atom. The van der Waals surface area contributed by atoms with Crippen LogP contribution in [0.25, 0.3) is 11.1 Å². The Labute approximate surface area is 120 Å². The second kappa shape index (κ2) is 6.39. The summed E-state index contributed by atoms with van der Waals surface area (Å²) in [6.07, 6.45) is 5.46. The Hall–Kier alpha value is -1.36. The van der Waals surface area contributed by atoms with Crippen molar-refractivity contribution in [2.75, 3.05) is 5.75 Å². The third-order valence-electron chi connectivity index (χ3n) is 3.39. The van der Waals surface area contributed by atoms with Gasteiger partial charge in [-0.2, -0.15) is 0 Å². The highest BCUT2D eigenvalue weighted by Crippen LogP contribution is 2.21. The van der Waals surface area contributed by atoms with E-state index in [-0.39, 0.29) is 5.75 Å². The molecule has 0 aliphatic carbocycles. The van der Waals surface area contributed by atoms with Crippen LogP contribution in [0.2, 0.25) is 0 Å². The van der Waals surface area contributed by atoms with Gasteiger partial charge in [0.05, 0.1) is 10.6 Å². The van der Waals surface area contributed by atoms with E-state index < -0.39 is 9.84 Å². The molecule has 0 bridgehead atoms. The molecule has 0 saturated heterocycles. The van der Waals surface area contributed by atoms with Gasteiger partial charge in [0.25, 0.3) is 0 Å². The molecule has 4 nitrogen and oxygen atoms in total. The van der Waals surface area contributed by atoms with E-state index in [2.05, 4.69) is 11.9 Å². The maximum atomic E-state index is 11.8. The van der Waals surface area contributed by atoms with Crippen molar-refractivity contribution >= 4 is 20.9 Å². The monoisotopic (exact) mass is 295 g/mol. The predicted molar refractivity (Wildman–Crippen MR) is 79.6 cm³/mol. The van der Waals surface area contributed by atoms with Gasteiger partial charge in [-0.05, 0) is 24.6 Å². The fraction of sp³-hybridized carbons (Fsp3) is 0.533. The highest BCUT2D eigenvalue weighted by molar-refractivity contribution is 7.91. The van der Waals surface area contributed by atoms with Crippen molar-refractivity contribution in [3.05, 3.63) is 24.1 Å². The zero-order valence-corrected chi connectivity index (χ0v) is 12.9. The topological polar surface area (TPSA) is 60.2 Å². The van der Waals surface area contributed by atoms with E-state index in [9.17, 15) is 8.42 Å². The van der Waals surface area contributed by atoms with Crippen molar-refractivity contribution in [3.8, 4) is 0 Å². The molecule has 2 rings (SSSR count). The van der Waals surface area contributed by atoms with Crippen LogP contribution < -0.4 is 0 Å². The van der Waals surface area contributed by atoms with Gasteiger partial charge >= 0.3 is 0 Å². The largest absolute Gasteiger partial charge is 0.441 e. The van der Waals surface area contributed by atoms with Crippen LogP contribution in [0.1, 0.15) is 45.4 Å². The molecule has 0 fully saturated rings. The number of hydrogen-bond acceptors (Lipinski definition) is 4. The number of unbranched alkanes of at least 4 members (excludes halogenated alkanes) is 3. The van der Waals surface area contributed by atoms with Gasteiger partial charge in [0, 0.05) is 6.42 Å². The number of nitrogens with zero attached hydrogens (tertiary/aromatic N) is 1. The van der Waals surface area contributed by atoms with Crippen LogP contribution in [0.5, 0.6) is 0 Å². The average molecular weight is 295 g/mol. The van der Waals surface area contributed by atoms with E-state index in [1.165, 1.54) is 19.3 Å². The van der Waals surface area contributed by atoms with Gasteiger partial charge in [-0.3, -0.25) is 0 Å². The molecular formula is C15H21NO3S. The van der Waals surface area contributed by atoms with E-state index in [4.69, 9.17) is 4.42 Å². The molecule has 0 unspecified atom stereocenters. The summed E-state index contributed by atoms with van der Waals surface area (Å²) in [6, 6.07) is 4.89. The van der Waals surface area contributed by atoms with Crippen LogP contribution in [-0.2, 0) is 16.3 Å². The van der Waals surface area contributed by atoms with Crippen LogP contribution in [0.4, 0.5) is 0 Å². The Kier molecular flexibility index (Phi) is 4.81. The normalized spacial score (nSPS) is 12.1. The number of sulfone groups is 1. The van der Waals surface area contributed by atoms with E-state index in [1.54, 1.807) is 25.1 Å². The fourth-order valence-corrected chi connectivity index (χ4v) is 3.02. The van der Waals surface area contributed by atoms with Gasteiger partial charge in [0.15, 0.2) is 21.3 Å². The minimum Gasteiger partial charge on any atom is -0.441 e. The fourth-order valence-electron chi connectivity index (χ4n) is 2.13. The summed E-state index contributed by atoms with van der Waals surface area (Å²) < 4.78 is 29.3.